The lowest BCUT2D eigenvalue weighted by Crippen LogP contribution is -2.14. The quantitative estimate of drug-likeness (QED) is 0.546. The molecule has 4 nitrogen and oxygen atoms in total. The van der Waals surface area contributed by atoms with Crippen LogP contribution in [0.4, 0.5) is 0 Å². The van der Waals surface area contributed by atoms with Gasteiger partial charge in [0.05, 0.1) is 23.7 Å². The van der Waals surface area contributed by atoms with Crippen molar-refractivity contribution in [2.75, 3.05) is 12.4 Å². The number of hydrogen-bond acceptors (Lipinski definition) is 4. The summed E-state index contributed by atoms with van der Waals surface area (Å²) in [4.78, 5) is 11.6. The topological polar surface area (TPSA) is 60.4 Å². The molecule has 0 aliphatic rings. The number of unbranched alkanes of at least 4 members (excludes halogenated alkanes) is 1. The molecule has 0 saturated heterocycles. The van der Waals surface area contributed by atoms with Crippen LogP contribution in [0.15, 0.2) is 35.7 Å². The van der Waals surface area contributed by atoms with Gasteiger partial charge < -0.3 is 4.74 Å². The predicted octanol–water partition coefficient (Wildman–Crippen LogP) is 2.84. The Kier molecular flexibility index (Phi) is 6.45. The van der Waals surface area contributed by atoms with Crippen molar-refractivity contribution in [3.8, 4) is 0 Å². The summed E-state index contributed by atoms with van der Waals surface area (Å²) in [5.41, 5.74) is 0.850. The van der Waals surface area contributed by atoms with E-state index in [1.54, 1.807) is 18.2 Å². The maximum absolute atomic E-state index is 12.0. The number of sulfone groups is 1. The van der Waals surface area contributed by atoms with E-state index in [2.05, 4.69) is 6.58 Å². The first-order chi connectivity index (χ1) is 9.49. The third-order valence-corrected chi connectivity index (χ3v) is 4.54. The summed E-state index contributed by atoms with van der Waals surface area (Å²) < 4.78 is 29.0. The number of carbonyl (C=O) groups is 1. The Bertz CT molecular complexity index is 544. The van der Waals surface area contributed by atoms with Crippen LogP contribution < -0.4 is 0 Å². The van der Waals surface area contributed by atoms with E-state index in [1.807, 2.05) is 6.92 Å². The van der Waals surface area contributed by atoms with E-state index in [0.29, 0.717) is 6.61 Å². The number of carbonyl (C=O) groups excluding carboxylic acids is 1. The SMILES string of the molecule is C=Cc1ccc(S(=O)(=O)CCC(=O)OCCCC)cc1. The van der Waals surface area contributed by atoms with Gasteiger partial charge >= 0.3 is 5.97 Å². The molecule has 110 valence electrons. The fourth-order valence-corrected chi connectivity index (χ4v) is 2.77. The van der Waals surface area contributed by atoms with Crippen molar-refractivity contribution in [3.63, 3.8) is 0 Å². The molecule has 20 heavy (non-hydrogen) atoms. The highest BCUT2D eigenvalue weighted by molar-refractivity contribution is 7.91. The Morgan fingerprint density at radius 3 is 2.50 bits per heavy atom. The van der Waals surface area contributed by atoms with Crippen LogP contribution in [0.1, 0.15) is 31.7 Å². The second kappa shape index (κ2) is 7.85. The van der Waals surface area contributed by atoms with Crippen LogP contribution in [0.2, 0.25) is 0 Å². The molecule has 1 rings (SSSR count). The van der Waals surface area contributed by atoms with Crippen LogP contribution in [-0.4, -0.2) is 26.7 Å². The fraction of sp³-hybridized carbons (Fsp3) is 0.400. The monoisotopic (exact) mass is 296 g/mol. The van der Waals surface area contributed by atoms with Gasteiger partial charge in [-0.1, -0.05) is 38.1 Å². The van der Waals surface area contributed by atoms with Crippen LogP contribution in [0.25, 0.3) is 6.08 Å². The van der Waals surface area contributed by atoms with Gasteiger partial charge in [0.1, 0.15) is 0 Å². The second-order valence-corrected chi connectivity index (χ2v) is 6.53. The van der Waals surface area contributed by atoms with Crippen LogP contribution in [0.5, 0.6) is 0 Å². The first-order valence-corrected chi connectivity index (χ1v) is 8.25. The molecule has 1 aromatic carbocycles. The summed E-state index contributed by atoms with van der Waals surface area (Å²) in [6.45, 7) is 5.95. The zero-order chi connectivity index (χ0) is 15.0. The summed E-state index contributed by atoms with van der Waals surface area (Å²) in [6.07, 6.45) is 3.25. The molecular formula is C15H20O4S. The van der Waals surface area contributed by atoms with Crippen LogP contribution in [0.3, 0.4) is 0 Å². The Morgan fingerprint density at radius 1 is 1.30 bits per heavy atom. The van der Waals surface area contributed by atoms with Crippen molar-refractivity contribution >= 4 is 21.9 Å². The zero-order valence-electron chi connectivity index (χ0n) is 11.7. The first kappa shape index (κ1) is 16.4. The molecule has 0 N–H and O–H groups in total. The maximum Gasteiger partial charge on any atom is 0.306 e. The molecule has 0 saturated carbocycles. The van der Waals surface area contributed by atoms with Gasteiger partial charge in [-0.2, -0.15) is 0 Å². The van der Waals surface area contributed by atoms with E-state index in [0.717, 1.165) is 18.4 Å². The van der Waals surface area contributed by atoms with E-state index in [4.69, 9.17) is 4.74 Å². The first-order valence-electron chi connectivity index (χ1n) is 6.60. The molecule has 0 bridgehead atoms. The Balaban J connectivity index is 2.56. The Morgan fingerprint density at radius 2 is 1.95 bits per heavy atom. The highest BCUT2D eigenvalue weighted by Crippen LogP contribution is 2.14. The molecule has 0 aromatic heterocycles. The number of hydrogen-bond donors (Lipinski definition) is 0. The third kappa shape index (κ3) is 5.17. The van der Waals surface area contributed by atoms with Gasteiger partial charge in [-0.15, -0.1) is 0 Å². The number of rotatable bonds is 8. The van der Waals surface area contributed by atoms with Gasteiger partial charge in [0, 0.05) is 0 Å². The fourth-order valence-electron chi connectivity index (χ4n) is 1.55. The Labute approximate surface area is 120 Å². The molecule has 0 amide bonds. The standard InChI is InChI=1S/C15H20O4S/c1-3-5-11-19-15(16)10-12-20(17,18)14-8-6-13(4-2)7-9-14/h4,6-9H,2-3,5,10-12H2,1H3. The summed E-state index contributed by atoms with van der Waals surface area (Å²) in [5, 5.41) is 0. The minimum atomic E-state index is -3.45. The molecule has 0 unspecified atom stereocenters. The van der Waals surface area contributed by atoms with Crippen molar-refractivity contribution in [2.24, 2.45) is 0 Å². The van der Waals surface area contributed by atoms with E-state index < -0.39 is 15.8 Å². The van der Waals surface area contributed by atoms with Crippen LogP contribution in [0, 0.1) is 0 Å². The third-order valence-electron chi connectivity index (χ3n) is 2.81. The lowest BCUT2D eigenvalue weighted by Gasteiger charge is -2.06. The average molecular weight is 296 g/mol. The van der Waals surface area contributed by atoms with Gasteiger partial charge in [-0.25, -0.2) is 8.42 Å². The second-order valence-electron chi connectivity index (χ2n) is 4.42. The van der Waals surface area contributed by atoms with Crippen LogP contribution >= 0.6 is 0 Å². The largest absolute Gasteiger partial charge is 0.466 e. The zero-order valence-corrected chi connectivity index (χ0v) is 12.5. The minimum Gasteiger partial charge on any atom is -0.466 e. The molecule has 0 aliphatic carbocycles. The van der Waals surface area contributed by atoms with Gasteiger partial charge in [-0.05, 0) is 24.1 Å². The lowest BCUT2D eigenvalue weighted by atomic mass is 10.2. The van der Waals surface area contributed by atoms with Gasteiger partial charge in [0.25, 0.3) is 0 Å². The van der Waals surface area contributed by atoms with Crippen molar-refractivity contribution < 1.29 is 17.9 Å². The maximum atomic E-state index is 12.0. The molecule has 0 radical (unpaired) electrons. The highest BCUT2D eigenvalue weighted by Gasteiger charge is 2.16. The summed E-state index contributed by atoms with van der Waals surface area (Å²) in [5.74, 6) is -0.699. The minimum absolute atomic E-state index is 0.116. The average Bonchev–Trinajstić information content (AvgIpc) is 2.45. The van der Waals surface area contributed by atoms with Gasteiger partial charge in [0.2, 0.25) is 0 Å². The normalized spacial score (nSPS) is 11.1. The van der Waals surface area contributed by atoms with E-state index in [9.17, 15) is 13.2 Å². The number of esters is 1. The predicted molar refractivity (Wildman–Crippen MR) is 79.1 cm³/mol. The summed E-state index contributed by atoms with van der Waals surface area (Å²) >= 11 is 0. The van der Waals surface area contributed by atoms with E-state index >= 15 is 0 Å². The van der Waals surface area contributed by atoms with Gasteiger partial charge in [-0.3, -0.25) is 4.79 Å². The van der Waals surface area contributed by atoms with Gasteiger partial charge in [0.15, 0.2) is 9.84 Å². The molecule has 0 fully saturated rings. The van der Waals surface area contributed by atoms with E-state index in [1.165, 1.54) is 12.1 Å². The summed E-state index contributed by atoms with van der Waals surface area (Å²) in [7, 11) is -3.45. The number of benzene rings is 1. The highest BCUT2D eigenvalue weighted by atomic mass is 32.2. The molecular weight excluding hydrogens is 276 g/mol. The smallest absolute Gasteiger partial charge is 0.306 e. The van der Waals surface area contributed by atoms with Crippen molar-refractivity contribution in [1.82, 2.24) is 0 Å². The molecule has 1 aromatic rings. The molecule has 0 aliphatic heterocycles. The van der Waals surface area contributed by atoms with Crippen molar-refractivity contribution in [2.45, 2.75) is 31.1 Å². The molecule has 0 atom stereocenters. The van der Waals surface area contributed by atoms with E-state index in [-0.39, 0.29) is 17.1 Å². The number of ether oxygens (including phenoxy) is 1. The van der Waals surface area contributed by atoms with Crippen molar-refractivity contribution in [3.05, 3.63) is 36.4 Å². The molecule has 0 spiro atoms. The summed E-state index contributed by atoms with van der Waals surface area (Å²) in [6, 6.07) is 6.41. The lowest BCUT2D eigenvalue weighted by molar-refractivity contribution is -0.143. The van der Waals surface area contributed by atoms with Crippen molar-refractivity contribution in [1.29, 1.82) is 0 Å². The Hall–Kier alpha value is -1.62. The van der Waals surface area contributed by atoms with Crippen LogP contribution in [-0.2, 0) is 19.4 Å². The molecule has 0 heterocycles. The molecule has 5 heteroatoms.